The zero-order valence-electron chi connectivity index (χ0n) is 11.5. The first kappa shape index (κ1) is 13.6. The van der Waals surface area contributed by atoms with Gasteiger partial charge >= 0.3 is 0 Å². The van der Waals surface area contributed by atoms with Crippen LogP contribution in [-0.4, -0.2) is 24.9 Å². The van der Waals surface area contributed by atoms with Crippen LogP contribution in [0.5, 0.6) is 0 Å². The number of hydrogen-bond donors (Lipinski definition) is 2. The summed E-state index contributed by atoms with van der Waals surface area (Å²) >= 11 is 0. The number of rotatable bonds is 4. The van der Waals surface area contributed by atoms with Crippen molar-refractivity contribution in [2.24, 2.45) is 0 Å². The molecule has 0 bridgehead atoms. The molecule has 1 aliphatic carbocycles. The molecule has 1 aromatic rings. The van der Waals surface area contributed by atoms with Gasteiger partial charge in [-0.2, -0.15) is 0 Å². The molecule has 0 saturated carbocycles. The highest BCUT2D eigenvalue weighted by molar-refractivity contribution is 6.00. The third kappa shape index (κ3) is 2.62. The lowest BCUT2D eigenvalue weighted by Gasteiger charge is -2.12. The van der Waals surface area contributed by atoms with Crippen LogP contribution in [0.2, 0.25) is 0 Å². The number of fused-ring (bicyclic) bond motifs is 1. The molecule has 0 aliphatic heterocycles. The van der Waals surface area contributed by atoms with E-state index in [2.05, 4.69) is 10.6 Å². The SMILES string of the molecule is CCNC(=O)c1ccc(C(=O)NCC)c2c1CCC2. The van der Waals surface area contributed by atoms with Crippen LogP contribution >= 0.6 is 0 Å². The molecule has 0 atom stereocenters. The lowest BCUT2D eigenvalue weighted by atomic mass is 9.97. The van der Waals surface area contributed by atoms with Crippen LogP contribution in [0.25, 0.3) is 0 Å². The third-order valence-electron chi connectivity index (χ3n) is 3.45. The number of amides is 2. The molecule has 2 amide bonds. The highest BCUT2D eigenvalue weighted by atomic mass is 16.2. The van der Waals surface area contributed by atoms with Crippen molar-refractivity contribution in [3.63, 3.8) is 0 Å². The van der Waals surface area contributed by atoms with E-state index in [9.17, 15) is 9.59 Å². The first-order valence-electron chi connectivity index (χ1n) is 6.90. The number of nitrogens with one attached hydrogen (secondary N) is 2. The standard InChI is InChI=1S/C15H20N2O2/c1-3-16-14(18)12-8-9-13(15(19)17-4-2)11-7-5-6-10(11)12/h8-9H,3-7H2,1-2H3,(H,16,18)(H,17,19). The van der Waals surface area contributed by atoms with Crippen LogP contribution in [0.15, 0.2) is 12.1 Å². The van der Waals surface area contributed by atoms with Gasteiger partial charge in [-0.25, -0.2) is 0 Å². The molecule has 4 nitrogen and oxygen atoms in total. The highest BCUT2D eigenvalue weighted by Gasteiger charge is 2.24. The predicted molar refractivity (Wildman–Crippen MR) is 74.5 cm³/mol. The van der Waals surface area contributed by atoms with Gasteiger partial charge in [-0.3, -0.25) is 9.59 Å². The second-order valence-corrected chi connectivity index (χ2v) is 4.69. The van der Waals surface area contributed by atoms with Crippen LogP contribution in [0.3, 0.4) is 0 Å². The quantitative estimate of drug-likeness (QED) is 0.865. The molecule has 1 aliphatic rings. The normalized spacial score (nSPS) is 12.9. The number of hydrogen-bond acceptors (Lipinski definition) is 2. The van der Waals surface area contributed by atoms with Crippen molar-refractivity contribution in [3.05, 3.63) is 34.4 Å². The van der Waals surface area contributed by atoms with Gasteiger partial charge in [0.15, 0.2) is 0 Å². The minimum Gasteiger partial charge on any atom is -0.352 e. The summed E-state index contributed by atoms with van der Waals surface area (Å²) in [6.45, 7) is 5.04. The van der Waals surface area contributed by atoms with Crippen molar-refractivity contribution in [1.29, 1.82) is 0 Å². The molecule has 2 rings (SSSR count). The molecular weight excluding hydrogens is 240 g/mol. The fraction of sp³-hybridized carbons (Fsp3) is 0.467. The molecular formula is C15H20N2O2. The van der Waals surface area contributed by atoms with Gasteiger partial charge in [-0.15, -0.1) is 0 Å². The minimum absolute atomic E-state index is 0.0388. The number of carbonyl (C=O) groups is 2. The Kier molecular flexibility index (Phi) is 4.20. The average molecular weight is 260 g/mol. The van der Waals surface area contributed by atoms with E-state index in [1.54, 1.807) is 12.1 Å². The lowest BCUT2D eigenvalue weighted by Crippen LogP contribution is -2.26. The summed E-state index contributed by atoms with van der Waals surface area (Å²) in [5, 5.41) is 5.65. The van der Waals surface area contributed by atoms with Crippen LogP contribution in [-0.2, 0) is 12.8 Å². The van der Waals surface area contributed by atoms with E-state index in [-0.39, 0.29) is 11.8 Å². The molecule has 19 heavy (non-hydrogen) atoms. The van der Waals surface area contributed by atoms with Crippen molar-refractivity contribution < 1.29 is 9.59 Å². The van der Waals surface area contributed by atoms with E-state index in [1.165, 1.54) is 0 Å². The highest BCUT2D eigenvalue weighted by Crippen LogP contribution is 2.28. The van der Waals surface area contributed by atoms with Crippen LogP contribution in [0, 0.1) is 0 Å². The molecule has 0 aromatic heterocycles. The smallest absolute Gasteiger partial charge is 0.251 e. The first-order valence-corrected chi connectivity index (χ1v) is 6.90. The van der Waals surface area contributed by atoms with Gasteiger partial charge in [0.1, 0.15) is 0 Å². The van der Waals surface area contributed by atoms with Crippen molar-refractivity contribution in [2.45, 2.75) is 33.1 Å². The van der Waals surface area contributed by atoms with E-state index in [4.69, 9.17) is 0 Å². The van der Waals surface area contributed by atoms with Gasteiger partial charge in [-0.1, -0.05) is 0 Å². The maximum absolute atomic E-state index is 12.0. The van der Waals surface area contributed by atoms with Gasteiger partial charge in [0, 0.05) is 24.2 Å². The van der Waals surface area contributed by atoms with E-state index in [0.29, 0.717) is 13.1 Å². The van der Waals surface area contributed by atoms with Gasteiger partial charge in [0.2, 0.25) is 0 Å². The fourth-order valence-electron chi connectivity index (χ4n) is 2.64. The molecule has 0 saturated heterocycles. The molecule has 102 valence electrons. The van der Waals surface area contributed by atoms with Crippen LogP contribution in [0.4, 0.5) is 0 Å². The zero-order chi connectivity index (χ0) is 13.8. The number of carbonyl (C=O) groups excluding carboxylic acids is 2. The fourth-order valence-corrected chi connectivity index (χ4v) is 2.64. The predicted octanol–water partition coefficient (Wildman–Crippen LogP) is 1.67. The first-order chi connectivity index (χ1) is 9.19. The Bertz CT molecular complexity index is 464. The molecule has 0 heterocycles. The van der Waals surface area contributed by atoms with Crippen molar-refractivity contribution in [3.8, 4) is 0 Å². The molecule has 0 fully saturated rings. The largest absolute Gasteiger partial charge is 0.352 e. The summed E-state index contributed by atoms with van der Waals surface area (Å²) < 4.78 is 0. The van der Waals surface area contributed by atoms with Crippen molar-refractivity contribution in [1.82, 2.24) is 10.6 Å². The molecule has 0 radical (unpaired) electrons. The Morgan fingerprint density at radius 1 is 0.947 bits per heavy atom. The Morgan fingerprint density at radius 2 is 1.37 bits per heavy atom. The molecule has 0 unspecified atom stereocenters. The summed E-state index contributed by atoms with van der Waals surface area (Å²) in [4.78, 5) is 24.0. The summed E-state index contributed by atoms with van der Waals surface area (Å²) in [6, 6.07) is 3.56. The monoisotopic (exact) mass is 260 g/mol. The Labute approximate surface area is 113 Å². The summed E-state index contributed by atoms with van der Waals surface area (Å²) in [7, 11) is 0. The summed E-state index contributed by atoms with van der Waals surface area (Å²) in [5.41, 5.74) is 3.55. The van der Waals surface area contributed by atoms with Gasteiger partial charge in [0.25, 0.3) is 11.8 Å². The molecule has 1 aromatic carbocycles. The molecule has 0 spiro atoms. The van der Waals surface area contributed by atoms with Gasteiger partial charge < -0.3 is 10.6 Å². The van der Waals surface area contributed by atoms with Crippen molar-refractivity contribution >= 4 is 11.8 Å². The maximum atomic E-state index is 12.0. The molecule has 2 N–H and O–H groups in total. The van der Waals surface area contributed by atoms with E-state index >= 15 is 0 Å². The number of benzene rings is 1. The minimum atomic E-state index is -0.0388. The summed E-state index contributed by atoms with van der Waals surface area (Å²) in [5.74, 6) is -0.0776. The lowest BCUT2D eigenvalue weighted by molar-refractivity contribution is 0.0942. The second kappa shape index (κ2) is 5.87. The zero-order valence-corrected chi connectivity index (χ0v) is 11.5. The van der Waals surface area contributed by atoms with Gasteiger partial charge in [0.05, 0.1) is 0 Å². The maximum Gasteiger partial charge on any atom is 0.251 e. The topological polar surface area (TPSA) is 58.2 Å². The van der Waals surface area contributed by atoms with E-state index in [0.717, 1.165) is 41.5 Å². The third-order valence-corrected chi connectivity index (χ3v) is 3.45. The second-order valence-electron chi connectivity index (χ2n) is 4.69. The molecule has 4 heteroatoms. The average Bonchev–Trinajstić information content (AvgIpc) is 2.87. The van der Waals surface area contributed by atoms with E-state index in [1.807, 2.05) is 13.8 Å². The van der Waals surface area contributed by atoms with Crippen LogP contribution < -0.4 is 10.6 Å². The summed E-state index contributed by atoms with van der Waals surface area (Å²) in [6.07, 6.45) is 2.78. The Morgan fingerprint density at radius 3 is 1.74 bits per heavy atom. The van der Waals surface area contributed by atoms with E-state index < -0.39 is 0 Å². The van der Waals surface area contributed by atoms with Crippen molar-refractivity contribution in [2.75, 3.05) is 13.1 Å². The Balaban J connectivity index is 2.39. The van der Waals surface area contributed by atoms with Crippen LogP contribution in [0.1, 0.15) is 52.1 Å². The van der Waals surface area contributed by atoms with Gasteiger partial charge in [-0.05, 0) is 56.4 Å². The Hall–Kier alpha value is -1.84.